The lowest BCUT2D eigenvalue weighted by molar-refractivity contribution is -0.149. The summed E-state index contributed by atoms with van der Waals surface area (Å²) in [7, 11) is 1.66. The van der Waals surface area contributed by atoms with Crippen molar-refractivity contribution in [3.05, 3.63) is 36.2 Å². The van der Waals surface area contributed by atoms with Gasteiger partial charge in [-0.25, -0.2) is 9.97 Å². The van der Waals surface area contributed by atoms with E-state index in [1.807, 2.05) is 17.9 Å². The number of methoxy groups -OCH3 is 1. The second-order valence-electron chi connectivity index (χ2n) is 7.24. The van der Waals surface area contributed by atoms with Gasteiger partial charge in [-0.2, -0.15) is 0 Å². The van der Waals surface area contributed by atoms with Gasteiger partial charge in [0.25, 0.3) is 5.88 Å². The van der Waals surface area contributed by atoms with Gasteiger partial charge in [-0.05, 0) is 50.6 Å². The molecule has 2 aliphatic rings. The topological polar surface area (TPSA) is 77.0 Å². The van der Waals surface area contributed by atoms with Crippen molar-refractivity contribution in [3.8, 4) is 11.6 Å². The Morgan fingerprint density at radius 3 is 2.73 bits per heavy atom. The molecule has 0 unspecified atom stereocenters. The summed E-state index contributed by atoms with van der Waals surface area (Å²) in [6.45, 7) is 5.24. The number of hydrogen-bond donors (Lipinski definition) is 0. The van der Waals surface area contributed by atoms with E-state index in [-0.39, 0.29) is 19.3 Å². The molecule has 0 bridgehead atoms. The molecule has 0 amide bonds. The van der Waals surface area contributed by atoms with Crippen LogP contribution in [0.4, 0.5) is 11.5 Å². The minimum Gasteiger partial charge on any atom is -0.466 e. The molecule has 0 radical (unpaired) electrons. The van der Waals surface area contributed by atoms with Crippen molar-refractivity contribution in [2.24, 2.45) is 5.92 Å². The molecule has 1 fully saturated rings. The molecule has 2 aliphatic heterocycles. The van der Waals surface area contributed by atoms with Crippen molar-refractivity contribution < 1.29 is 19.0 Å². The zero-order valence-corrected chi connectivity index (χ0v) is 16.8. The largest absolute Gasteiger partial charge is 0.466 e. The first-order valence-electron chi connectivity index (χ1n) is 9.97. The molecule has 0 spiro atoms. The average molecular weight is 415 g/mol. The van der Waals surface area contributed by atoms with Crippen molar-refractivity contribution in [2.75, 3.05) is 38.4 Å². The van der Waals surface area contributed by atoms with Gasteiger partial charge in [0.05, 0.1) is 18.2 Å². The van der Waals surface area contributed by atoms with Gasteiger partial charge in [0.1, 0.15) is 6.73 Å². The number of carbonyl (C=O) groups is 1. The molecular weight excluding hydrogens is 384 g/mol. The highest BCUT2D eigenvalue weighted by molar-refractivity contribution is 5.74. The monoisotopic (exact) mass is 414 g/mol. The van der Waals surface area contributed by atoms with Crippen molar-refractivity contribution >= 4 is 17.5 Å². The number of carbonyl (C=O) groups excluding carboxylic acids is 1. The number of benzene rings is 1. The number of aromatic nitrogens is 2. The minimum absolute atomic E-state index is 0. The van der Waals surface area contributed by atoms with E-state index in [0.29, 0.717) is 25.0 Å². The number of ether oxygens (including phenoxy) is 3. The van der Waals surface area contributed by atoms with Crippen LogP contribution >= 0.6 is 0 Å². The summed E-state index contributed by atoms with van der Waals surface area (Å²) < 4.78 is 16.5. The van der Waals surface area contributed by atoms with Crippen LogP contribution in [0.3, 0.4) is 0 Å². The Hall–Kier alpha value is -2.71. The summed E-state index contributed by atoms with van der Waals surface area (Å²) in [5.41, 5.74) is 2.09. The fourth-order valence-electron chi connectivity index (χ4n) is 3.86. The van der Waals surface area contributed by atoms with Gasteiger partial charge in [-0.3, -0.25) is 14.6 Å². The number of rotatable bonds is 6. The van der Waals surface area contributed by atoms with Crippen LogP contribution in [0.2, 0.25) is 0 Å². The number of anilines is 2. The van der Waals surface area contributed by atoms with Crippen molar-refractivity contribution in [2.45, 2.75) is 33.7 Å². The van der Waals surface area contributed by atoms with Gasteiger partial charge in [-0.15, -0.1) is 0 Å². The van der Waals surface area contributed by atoms with Gasteiger partial charge in [-0.1, -0.05) is 13.5 Å². The number of esters is 1. The van der Waals surface area contributed by atoms with Gasteiger partial charge < -0.3 is 14.2 Å². The maximum atomic E-state index is 11.9. The highest BCUT2D eigenvalue weighted by Gasteiger charge is 2.28. The molecule has 2 aromatic rings. The summed E-state index contributed by atoms with van der Waals surface area (Å²) in [6.07, 6.45) is 4.94. The Morgan fingerprint density at radius 2 is 2.00 bits per heavy atom. The van der Waals surface area contributed by atoms with E-state index < -0.39 is 0 Å². The number of piperidine rings is 1. The van der Waals surface area contributed by atoms with Crippen LogP contribution in [0.5, 0.6) is 11.6 Å². The highest BCUT2D eigenvalue weighted by Crippen LogP contribution is 2.44. The smallest absolute Gasteiger partial charge is 0.309 e. The molecular formula is C22H30N4O4. The van der Waals surface area contributed by atoms with Crippen molar-refractivity contribution in [1.29, 1.82) is 0 Å². The fraction of sp³-hybridized carbons (Fsp3) is 0.500. The number of likely N-dealkylation sites (tertiary alicyclic amines) is 1. The molecule has 8 heteroatoms. The second kappa shape index (κ2) is 9.86. The van der Waals surface area contributed by atoms with Crippen molar-refractivity contribution in [3.63, 3.8) is 0 Å². The summed E-state index contributed by atoms with van der Waals surface area (Å²) in [4.78, 5) is 25.0. The first-order chi connectivity index (χ1) is 14.2. The third kappa shape index (κ3) is 4.55. The van der Waals surface area contributed by atoms with Gasteiger partial charge in [0.2, 0.25) is 0 Å². The van der Waals surface area contributed by atoms with E-state index in [0.717, 1.165) is 43.9 Å². The molecule has 1 saturated heterocycles. The maximum absolute atomic E-state index is 11.9. The zero-order valence-electron chi connectivity index (χ0n) is 16.8. The highest BCUT2D eigenvalue weighted by atomic mass is 16.5. The lowest BCUT2D eigenvalue weighted by Crippen LogP contribution is -2.36. The Bertz CT molecular complexity index is 868. The van der Waals surface area contributed by atoms with Crippen molar-refractivity contribution in [1.82, 2.24) is 14.9 Å². The van der Waals surface area contributed by atoms with Crippen LogP contribution in [0.25, 0.3) is 0 Å². The van der Waals surface area contributed by atoms with E-state index >= 15 is 0 Å². The van der Waals surface area contributed by atoms with Crippen LogP contribution in [0.15, 0.2) is 30.6 Å². The third-order valence-corrected chi connectivity index (χ3v) is 5.29. The van der Waals surface area contributed by atoms with E-state index in [4.69, 9.17) is 14.2 Å². The standard InChI is InChI=1S/C21H26N4O4.CH4/c1-3-28-21(26)16-6-10-24(11-7-16)13-15-4-5-18-17(12-15)25(14-27-2)19-20(29-18)23-9-8-22-19;/h4-5,8-9,12,16H,3,6-7,10-11,13-14H2,1-2H3;1H4. The minimum atomic E-state index is -0.0620. The zero-order chi connectivity index (χ0) is 20.2. The van der Waals surface area contributed by atoms with E-state index in [1.54, 1.807) is 19.5 Å². The Balaban J connectivity index is 0.00000256. The number of nitrogens with zero attached hydrogens (tertiary/aromatic N) is 4. The van der Waals surface area contributed by atoms with E-state index in [1.165, 1.54) is 5.56 Å². The molecule has 8 nitrogen and oxygen atoms in total. The van der Waals surface area contributed by atoms with Crippen LogP contribution in [0, 0.1) is 5.92 Å². The van der Waals surface area contributed by atoms with Crippen LogP contribution in [-0.4, -0.2) is 54.4 Å². The fourth-order valence-corrected chi connectivity index (χ4v) is 3.86. The lowest BCUT2D eigenvalue weighted by atomic mass is 9.96. The van der Waals surface area contributed by atoms with Gasteiger partial charge >= 0.3 is 5.97 Å². The summed E-state index contributed by atoms with van der Waals surface area (Å²) >= 11 is 0. The molecule has 0 saturated carbocycles. The summed E-state index contributed by atoms with van der Waals surface area (Å²) in [5, 5.41) is 0. The first kappa shape index (κ1) is 22.0. The van der Waals surface area contributed by atoms with Crippen LogP contribution in [-0.2, 0) is 20.8 Å². The average Bonchev–Trinajstić information content (AvgIpc) is 2.75. The van der Waals surface area contributed by atoms with Crippen LogP contribution < -0.4 is 9.64 Å². The first-order valence-corrected chi connectivity index (χ1v) is 9.97. The molecule has 1 aromatic carbocycles. The Morgan fingerprint density at radius 1 is 1.23 bits per heavy atom. The summed E-state index contributed by atoms with van der Waals surface area (Å²) in [5.74, 6) is 1.82. The number of hydrogen-bond acceptors (Lipinski definition) is 8. The van der Waals surface area contributed by atoms with Gasteiger partial charge in [0.15, 0.2) is 11.6 Å². The number of fused-ring (bicyclic) bond motifs is 2. The molecule has 162 valence electrons. The molecule has 4 rings (SSSR count). The molecule has 0 N–H and O–H groups in total. The normalized spacial score (nSPS) is 16.1. The third-order valence-electron chi connectivity index (χ3n) is 5.29. The molecule has 0 aliphatic carbocycles. The Kier molecular flexibility index (Phi) is 7.23. The predicted octanol–water partition coefficient (Wildman–Crippen LogP) is 3.74. The molecule has 3 heterocycles. The Labute approximate surface area is 177 Å². The predicted molar refractivity (Wildman–Crippen MR) is 114 cm³/mol. The maximum Gasteiger partial charge on any atom is 0.309 e. The molecule has 1 aromatic heterocycles. The van der Waals surface area contributed by atoms with Gasteiger partial charge in [0, 0.05) is 26.0 Å². The SMILES string of the molecule is C.CCOC(=O)C1CCN(Cc2ccc3c(c2)N(COC)c2nccnc2O3)CC1. The van der Waals surface area contributed by atoms with E-state index in [9.17, 15) is 4.79 Å². The lowest BCUT2D eigenvalue weighted by Gasteiger charge is -2.32. The quantitative estimate of drug-likeness (QED) is 0.662. The van der Waals surface area contributed by atoms with Crippen LogP contribution in [0.1, 0.15) is 32.8 Å². The molecule has 0 atom stereocenters. The summed E-state index contributed by atoms with van der Waals surface area (Å²) in [6, 6.07) is 6.16. The van der Waals surface area contributed by atoms with E-state index in [2.05, 4.69) is 27.0 Å². The molecule has 30 heavy (non-hydrogen) atoms. The second-order valence-corrected chi connectivity index (χ2v) is 7.24.